The number of esters is 1. The van der Waals surface area contributed by atoms with Crippen LogP contribution in [0.25, 0.3) is 0 Å². The van der Waals surface area contributed by atoms with Gasteiger partial charge in [-0.3, -0.25) is 0 Å². The average molecular weight is 247 g/mol. The summed E-state index contributed by atoms with van der Waals surface area (Å²) in [6, 6.07) is 0. The van der Waals surface area contributed by atoms with Gasteiger partial charge >= 0.3 is 5.97 Å². The third-order valence-electron chi connectivity index (χ3n) is 3.53. The van der Waals surface area contributed by atoms with Crippen LogP contribution in [0.15, 0.2) is 0 Å². The topological polar surface area (TPSA) is 64.1 Å². The van der Waals surface area contributed by atoms with Crippen molar-refractivity contribution in [2.45, 2.75) is 32.2 Å². The second-order valence-corrected chi connectivity index (χ2v) is 4.98. The van der Waals surface area contributed by atoms with Crippen LogP contribution in [0, 0.1) is 5.92 Å². The molecule has 0 radical (unpaired) electrons. The molecule has 2 aliphatic rings. The molecule has 2 heterocycles. The number of ether oxygens (including phenoxy) is 1. The van der Waals surface area contributed by atoms with Gasteiger partial charge in [-0.2, -0.15) is 0 Å². The summed E-state index contributed by atoms with van der Waals surface area (Å²) in [5, 5.41) is 3.28. The maximum Gasteiger partial charge on any atom is 0.357 e. The molecular formula is C13H17N3O2. The first kappa shape index (κ1) is 11.6. The minimum Gasteiger partial charge on any atom is -0.464 e. The fourth-order valence-corrected chi connectivity index (χ4v) is 2.35. The Balaban J connectivity index is 1.99. The Labute approximate surface area is 106 Å². The molecule has 0 unspecified atom stereocenters. The molecule has 1 aromatic heterocycles. The minimum atomic E-state index is -0.340. The van der Waals surface area contributed by atoms with Crippen molar-refractivity contribution in [1.82, 2.24) is 15.3 Å². The Bertz CT molecular complexity index is 483. The third-order valence-corrected chi connectivity index (χ3v) is 3.53. The molecule has 0 atom stereocenters. The van der Waals surface area contributed by atoms with E-state index in [0.717, 1.165) is 43.0 Å². The molecule has 1 saturated carbocycles. The van der Waals surface area contributed by atoms with Crippen molar-refractivity contribution >= 4 is 5.97 Å². The molecule has 5 nitrogen and oxygen atoms in total. The van der Waals surface area contributed by atoms with Crippen molar-refractivity contribution in [2.24, 2.45) is 5.92 Å². The zero-order chi connectivity index (χ0) is 12.5. The van der Waals surface area contributed by atoms with Gasteiger partial charge in [0.05, 0.1) is 12.8 Å². The van der Waals surface area contributed by atoms with Crippen molar-refractivity contribution in [2.75, 3.05) is 13.7 Å². The van der Waals surface area contributed by atoms with Gasteiger partial charge in [0.25, 0.3) is 0 Å². The Hall–Kier alpha value is -1.49. The molecule has 0 spiro atoms. The summed E-state index contributed by atoms with van der Waals surface area (Å²) >= 11 is 0. The smallest absolute Gasteiger partial charge is 0.357 e. The van der Waals surface area contributed by atoms with E-state index in [4.69, 9.17) is 4.74 Å². The van der Waals surface area contributed by atoms with E-state index in [1.807, 2.05) is 0 Å². The zero-order valence-electron chi connectivity index (χ0n) is 10.5. The van der Waals surface area contributed by atoms with Crippen LogP contribution in [0.3, 0.4) is 0 Å². The van der Waals surface area contributed by atoms with Crippen LogP contribution in [0.5, 0.6) is 0 Å². The Morgan fingerprint density at radius 2 is 2.28 bits per heavy atom. The van der Waals surface area contributed by atoms with Gasteiger partial charge in [0.1, 0.15) is 5.82 Å². The fourth-order valence-electron chi connectivity index (χ4n) is 2.35. The summed E-state index contributed by atoms with van der Waals surface area (Å²) in [6.45, 7) is 1.59. The van der Waals surface area contributed by atoms with Crippen molar-refractivity contribution in [3.05, 3.63) is 22.8 Å². The van der Waals surface area contributed by atoms with Crippen LogP contribution in [0.2, 0.25) is 0 Å². The van der Waals surface area contributed by atoms with Gasteiger partial charge in [0.15, 0.2) is 5.69 Å². The molecule has 5 heteroatoms. The second kappa shape index (κ2) is 4.65. The Morgan fingerprint density at radius 1 is 1.44 bits per heavy atom. The van der Waals surface area contributed by atoms with Gasteiger partial charge in [0.2, 0.25) is 0 Å². The highest BCUT2D eigenvalue weighted by Crippen LogP contribution is 2.32. The third kappa shape index (κ3) is 2.22. The van der Waals surface area contributed by atoms with Gasteiger partial charge in [-0.05, 0) is 31.7 Å². The molecule has 0 bridgehead atoms. The van der Waals surface area contributed by atoms with E-state index in [9.17, 15) is 4.79 Å². The summed E-state index contributed by atoms with van der Waals surface area (Å²) in [7, 11) is 1.40. The number of nitrogens with zero attached hydrogens (tertiary/aromatic N) is 2. The van der Waals surface area contributed by atoms with Crippen LogP contribution < -0.4 is 5.32 Å². The van der Waals surface area contributed by atoms with E-state index in [-0.39, 0.29) is 5.97 Å². The molecule has 1 aromatic rings. The lowest BCUT2D eigenvalue weighted by Gasteiger charge is -2.19. The molecule has 1 fully saturated rings. The number of fused-ring (bicyclic) bond motifs is 1. The van der Waals surface area contributed by atoms with Gasteiger partial charge < -0.3 is 10.1 Å². The highest BCUT2D eigenvalue weighted by atomic mass is 16.5. The predicted molar refractivity (Wildman–Crippen MR) is 65.2 cm³/mol. The highest BCUT2D eigenvalue weighted by molar-refractivity contribution is 5.89. The summed E-state index contributed by atoms with van der Waals surface area (Å²) in [5.41, 5.74) is 2.40. The van der Waals surface area contributed by atoms with Gasteiger partial charge in [-0.15, -0.1) is 0 Å². The summed E-state index contributed by atoms with van der Waals surface area (Å²) in [4.78, 5) is 20.8. The van der Waals surface area contributed by atoms with Crippen LogP contribution in [0.4, 0.5) is 0 Å². The predicted octanol–water partition coefficient (Wildman–Crippen LogP) is 0.861. The first-order valence-electron chi connectivity index (χ1n) is 6.45. The van der Waals surface area contributed by atoms with Crippen LogP contribution in [0.1, 0.15) is 40.4 Å². The molecular weight excluding hydrogens is 230 g/mol. The summed E-state index contributed by atoms with van der Waals surface area (Å²) in [5.74, 6) is 1.16. The normalized spacial score (nSPS) is 18.3. The monoisotopic (exact) mass is 247 g/mol. The average Bonchev–Trinajstić information content (AvgIpc) is 3.21. The maximum absolute atomic E-state index is 11.8. The summed E-state index contributed by atoms with van der Waals surface area (Å²) < 4.78 is 4.83. The van der Waals surface area contributed by atoms with Crippen LogP contribution in [-0.4, -0.2) is 29.6 Å². The number of nitrogens with one attached hydrogen (secondary N) is 1. The van der Waals surface area contributed by atoms with E-state index in [1.54, 1.807) is 0 Å². The number of aromatic nitrogens is 2. The molecule has 0 saturated heterocycles. The number of methoxy groups -OCH3 is 1. The Morgan fingerprint density at radius 3 is 3.00 bits per heavy atom. The molecule has 18 heavy (non-hydrogen) atoms. The quantitative estimate of drug-likeness (QED) is 0.803. The van der Waals surface area contributed by atoms with E-state index >= 15 is 0 Å². The number of carbonyl (C=O) groups is 1. The largest absolute Gasteiger partial charge is 0.464 e. The van der Waals surface area contributed by atoms with Gasteiger partial charge in [0, 0.05) is 18.5 Å². The Kier molecular flexibility index (Phi) is 2.99. The van der Waals surface area contributed by atoms with Crippen LogP contribution in [-0.2, 0) is 24.1 Å². The molecule has 0 aromatic carbocycles. The molecule has 1 N–H and O–H groups in total. The van der Waals surface area contributed by atoms with Crippen LogP contribution >= 0.6 is 0 Å². The lowest BCUT2D eigenvalue weighted by atomic mass is 10.0. The highest BCUT2D eigenvalue weighted by Gasteiger charge is 2.26. The van der Waals surface area contributed by atoms with E-state index < -0.39 is 0 Å². The maximum atomic E-state index is 11.8. The second-order valence-electron chi connectivity index (χ2n) is 4.98. The molecule has 1 aliphatic heterocycles. The van der Waals surface area contributed by atoms with Crippen molar-refractivity contribution in [3.8, 4) is 0 Å². The van der Waals surface area contributed by atoms with Crippen molar-refractivity contribution in [1.29, 1.82) is 0 Å². The lowest BCUT2D eigenvalue weighted by Crippen LogP contribution is -2.28. The molecule has 1 aliphatic carbocycles. The van der Waals surface area contributed by atoms with Gasteiger partial charge in [-0.1, -0.05) is 0 Å². The number of hydrogen-bond donors (Lipinski definition) is 1. The van der Waals surface area contributed by atoms with Crippen molar-refractivity contribution < 1.29 is 9.53 Å². The fraction of sp³-hybridized carbons (Fsp3) is 0.615. The standard InChI is InChI=1S/C13H17N3O2/c1-18-13(17)12-9-4-5-14-7-10(9)15-11(16-12)6-8-2-3-8/h8,14H,2-7H2,1H3. The van der Waals surface area contributed by atoms with E-state index in [1.165, 1.54) is 20.0 Å². The van der Waals surface area contributed by atoms with E-state index in [2.05, 4.69) is 15.3 Å². The number of rotatable bonds is 3. The van der Waals surface area contributed by atoms with Crippen molar-refractivity contribution in [3.63, 3.8) is 0 Å². The minimum absolute atomic E-state index is 0.340. The SMILES string of the molecule is COC(=O)c1nc(CC2CC2)nc2c1CCNC2. The number of hydrogen-bond acceptors (Lipinski definition) is 5. The first-order valence-corrected chi connectivity index (χ1v) is 6.45. The molecule has 3 rings (SSSR count). The van der Waals surface area contributed by atoms with Gasteiger partial charge in [-0.25, -0.2) is 14.8 Å². The first-order chi connectivity index (χ1) is 8.78. The number of carbonyl (C=O) groups excluding carboxylic acids is 1. The molecule has 96 valence electrons. The van der Waals surface area contributed by atoms with E-state index in [0.29, 0.717) is 11.6 Å². The zero-order valence-corrected chi connectivity index (χ0v) is 10.5. The lowest BCUT2D eigenvalue weighted by molar-refractivity contribution is 0.0591. The molecule has 0 amide bonds. The summed E-state index contributed by atoms with van der Waals surface area (Å²) in [6.07, 6.45) is 4.19.